The zero-order valence-corrected chi connectivity index (χ0v) is 16.6. The van der Waals surface area contributed by atoms with Gasteiger partial charge in [-0.1, -0.05) is 30.7 Å². The largest absolute Gasteiger partial charge is 0.465 e. The Labute approximate surface area is 166 Å². The number of anilines is 2. The lowest BCUT2D eigenvalue weighted by Crippen LogP contribution is -2.18. The standard InChI is InChI=1S/C19H17ClN2O2S2/c1-3-11-4-6-12(7-5-11)21-19(25)22-13-8-9-14-15(10-13)26-17(16(14)20)18(23)24-2/h4-10H,3H2,1-2H3,(H2,21,22,25). The summed E-state index contributed by atoms with van der Waals surface area (Å²) in [6, 6.07) is 13.8. The molecule has 0 saturated heterocycles. The van der Waals surface area contributed by atoms with Gasteiger partial charge in [-0.3, -0.25) is 0 Å². The number of halogens is 1. The van der Waals surface area contributed by atoms with Gasteiger partial charge in [-0.15, -0.1) is 11.3 Å². The fourth-order valence-electron chi connectivity index (χ4n) is 2.48. The molecule has 7 heteroatoms. The third kappa shape index (κ3) is 3.98. The van der Waals surface area contributed by atoms with Crippen molar-refractivity contribution in [3.63, 3.8) is 0 Å². The van der Waals surface area contributed by atoms with Crippen LogP contribution < -0.4 is 10.6 Å². The van der Waals surface area contributed by atoms with Gasteiger partial charge in [-0.25, -0.2) is 4.79 Å². The zero-order chi connectivity index (χ0) is 18.7. The van der Waals surface area contributed by atoms with E-state index >= 15 is 0 Å². The highest BCUT2D eigenvalue weighted by Crippen LogP contribution is 2.37. The van der Waals surface area contributed by atoms with Gasteiger partial charge in [0.25, 0.3) is 0 Å². The lowest BCUT2D eigenvalue weighted by molar-refractivity contribution is 0.0606. The number of esters is 1. The van der Waals surface area contributed by atoms with E-state index in [1.807, 2.05) is 30.3 Å². The van der Waals surface area contributed by atoms with Crippen molar-refractivity contribution in [3.05, 3.63) is 57.9 Å². The second kappa shape index (κ2) is 8.03. The maximum atomic E-state index is 11.8. The first kappa shape index (κ1) is 18.6. The van der Waals surface area contributed by atoms with Crippen molar-refractivity contribution in [1.29, 1.82) is 0 Å². The normalized spacial score (nSPS) is 10.6. The number of methoxy groups -OCH3 is 1. The second-order valence-corrected chi connectivity index (χ2v) is 7.42. The molecule has 3 aromatic rings. The number of benzene rings is 2. The van der Waals surface area contributed by atoms with Gasteiger partial charge in [0.2, 0.25) is 0 Å². The highest BCUT2D eigenvalue weighted by molar-refractivity contribution is 7.80. The van der Waals surface area contributed by atoms with Gasteiger partial charge in [-0.05, 0) is 54.5 Å². The maximum absolute atomic E-state index is 11.8. The van der Waals surface area contributed by atoms with E-state index in [0.717, 1.165) is 27.9 Å². The molecular weight excluding hydrogens is 388 g/mol. The van der Waals surface area contributed by atoms with E-state index in [0.29, 0.717) is 15.0 Å². The van der Waals surface area contributed by atoms with Crippen LogP contribution in [0, 0.1) is 0 Å². The summed E-state index contributed by atoms with van der Waals surface area (Å²) in [4.78, 5) is 12.2. The maximum Gasteiger partial charge on any atom is 0.349 e. The number of hydrogen-bond acceptors (Lipinski definition) is 4. The summed E-state index contributed by atoms with van der Waals surface area (Å²) in [7, 11) is 1.34. The summed E-state index contributed by atoms with van der Waals surface area (Å²) >= 11 is 12.9. The van der Waals surface area contributed by atoms with Crippen LogP contribution in [0.25, 0.3) is 10.1 Å². The molecule has 0 aliphatic heterocycles. The number of thiocarbonyl (C=S) groups is 1. The van der Waals surface area contributed by atoms with E-state index in [4.69, 9.17) is 28.6 Å². The molecule has 0 saturated carbocycles. The Morgan fingerprint density at radius 1 is 1.15 bits per heavy atom. The van der Waals surface area contributed by atoms with Crippen molar-refractivity contribution in [2.75, 3.05) is 17.7 Å². The quantitative estimate of drug-likeness (QED) is 0.430. The molecule has 0 spiro atoms. The summed E-state index contributed by atoms with van der Waals surface area (Å²) in [5, 5.41) is 8.03. The van der Waals surface area contributed by atoms with Gasteiger partial charge in [0.15, 0.2) is 5.11 Å². The Hall–Kier alpha value is -2.15. The molecular formula is C19H17ClN2O2S2. The number of ether oxygens (including phenoxy) is 1. The molecule has 2 aromatic carbocycles. The molecule has 3 rings (SSSR count). The molecule has 0 unspecified atom stereocenters. The fourth-order valence-corrected chi connectivity index (χ4v) is 4.19. The van der Waals surface area contributed by atoms with Gasteiger partial charge in [0.05, 0.1) is 12.1 Å². The van der Waals surface area contributed by atoms with Gasteiger partial charge in [0, 0.05) is 21.5 Å². The Balaban J connectivity index is 1.75. The summed E-state index contributed by atoms with van der Waals surface area (Å²) in [5.74, 6) is -0.432. The number of fused-ring (bicyclic) bond motifs is 1. The Morgan fingerprint density at radius 2 is 1.81 bits per heavy atom. The average Bonchev–Trinajstić information content (AvgIpc) is 2.97. The van der Waals surface area contributed by atoms with Crippen molar-refractivity contribution in [1.82, 2.24) is 0 Å². The number of carbonyl (C=O) groups excluding carboxylic acids is 1. The summed E-state index contributed by atoms with van der Waals surface area (Å²) in [6.45, 7) is 2.12. The highest BCUT2D eigenvalue weighted by atomic mass is 35.5. The van der Waals surface area contributed by atoms with Gasteiger partial charge in [0.1, 0.15) is 4.88 Å². The fraction of sp³-hybridized carbons (Fsp3) is 0.158. The predicted molar refractivity (Wildman–Crippen MR) is 114 cm³/mol. The van der Waals surface area contributed by atoms with Crippen LogP contribution in [0.1, 0.15) is 22.2 Å². The molecule has 4 nitrogen and oxygen atoms in total. The topological polar surface area (TPSA) is 50.4 Å². The Bertz CT molecular complexity index is 968. The van der Waals surface area contributed by atoms with Crippen LogP contribution >= 0.6 is 35.2 Å². The molecule has 134 valence electrons. The van der Waals surface area contributed by atoms with Gasteiger partial charge >= 0.3 is 5.97 Å². The molecule has 0 amide bonds. The van der Waals surface area contributed by atoms with Crippen molar-refractivity contribution < 1.29 is 9.53 Å². The Kier molecular flexibility index (Phi) is 5.76. The Morgan fingerprint density at radius 3 is 2.46 bits per heavy atom. The predicted octanol–water partition coefficient (Wildman–Crippen LogP) is 5.71. The highest BCUT2D eigenvalue weighted by Gasteiger charge is 2.17. The molecule has 0 atom stereocenters. The molecule has 1 heterocycles. The van der Waals surface area contributed by atoms with E-state index in [2.05, 4.69) is 29.7 Å². The van der Waals surface area contributed by atoms with Crippen LogP contribution in [0.2, 0.25) is 5.02 Å². The van der Waals surface area contributed by atoms with E-state index in [1.54, 1.807) is 0 Å². The van der Waals surface area contributed by atoms with Gasteiger partial charge < -0.3 is 15.4 Å². The zero-order valence-electron chi connectivity index (χ0n) is 14.3. The minimum Gasteiger partial charge on any atom is -0.465 e. The van der Waals surface area contributed by atoms with Crippen LogP contribution in [-0.2, 0) is 11.2 Å². The molecule has 0 bridgehead atoms. The van der Waals surface area contributed by atoms with Crippen LogP contribution in [-0.4, -0.2) is 18.2 Å². The van der Waals surface area contributed by atoms with Crippen LogP contribution in [0.5, 0.6) is 0 Å². The van der Waals surface area contributed by atoms with Crippen molar-refractivity contribution in [3.8, 4) is 0 Å². The summed E-state index contributed by atoms with van der Waals surface area (Å²) < 4.78 is 5.65. The van der Waals surface area contributed by atoms with E-state index in [9.17, 15) is 4.79 Å². The van der Waals surface area contributed by atoms with Crippen molar-refractivity contribution >= 4 is 67.7 Å². The van der Waals surface area contributed by atoms with E-state index in [1.165, 1.54) is 24.0 Å². The van der Waals surface area contributed by atoms with E-state index in [-0.39, 0.29) is 0 Å². The molecule has 0 aliphatic carbocycles. The minimum atomic E-state index is -0.432. The third-order valence-corrected chi connectivity index (χ3v) is 5.72. The second-order valence-electron chi connectivity index (χ2n) is 5.58. The summed E-state index contributed by atoms with van der Waals surface area (Å²) in [5.41, 5.74) is 3.01. The molecule has 0 fully saturated rings. The average molecular weight is 405 g/mol. The van der Waals surface area contributed by atoms with Crippen molar-refractivity contribution in [2.45, 2.75) is 13.3 Å². The van der Waals surface area contributed by atoms with Gasteiger partial charge in [-0.2, -0.15) is 0 Å². The summed E-state index contributed by atoms with van der Waals surface area (Å²) in [6.07, 6.45) is 1.000. The molecule has 0 radical (unpaired) electrons. The molecule has 0 aliphatic rings. The smallest absolute Gasteiger partial charge is 0.349 e. The van der Waals surface area contributed by atoms with E-state index < -0.39 is 5.97 Å². The lowest BCUT2D eigenvalue weighted by atomic mass is 10.1. The minimum absolute atomic E-state index is 0.401. The number of carbonyl (C=O) groups is 1. The molecule has 2 N–H and O–H groups in total. The first-order chi connectivity index (χ1) is 12.5. The van der Waals surface area contributed by atoms with Crippen LogP contribution in [0.4, 0.5) is 11.4 Å². The molecule has 1 aromatic heterocycles. The number of thiophene rings is 1. The number of aryl methyl sites for hydroxylation is 1. The third-order valence-electron chi connectivity index (χ3n) is 3.88. The van der Waals surface area contributed by atoms with Crippen LogP contribution in [0.3, 0.4) is 0 Å². The SMILES string of the molecule is CCc1ccc(NC(=S)Nc2ccc3c(Cl)c(C(=O)OC)sc3c2)cc1. The molecule has 26 heavy (non-hydrogen) atoms. The first-order valence-corrected chi connectivity index (χ1v) is 9.59. The number of rotatable bonds is 4. The lowest BCUT2D eigenvalue weighted by Gasteiger charge is -2.11. The van der Waals surface area contributed by atoms with Crippen LogP contribution in [0.15, 0.2) is 42.5 Å². The monoisotopic (exact) mass is 404 g/mol. The number of nitrogens with one attached hydrogen (secondary N) is 2. The number of hydrogen-bond donors (Lipinski definition) is 2. The van der Waals surface area contributed by atoms with Crippen molar-refractivity contribution in [2.24, 2.45) is 0 Å². The first-order valence-electron chi connectivity index (χ1n) is 7.99.